The van der Waals surface area contributed by atoms with Crippen LogP contribution in [0.2, 0.25) is 0 Å². The van der Waals surface area contributed by atoms with Crippen LogP contribution in [0.4, 0.5) is 5.69 Å². The number of rotatable bonds is 7. The molecule has 0 spiro atoms. The zero-order chi connectivity index (χ0) is 18.4. The van der Waals surface area contributed by atoms with Gasteiger partial charge in [0.2, 0.25) is 10.0 Å². The van der Waals surface area contributed by atoms with E-state index in [-0.39, 0.29) is 23.4 Å². The maximum absolute atomic E-state index is 12.5. The zero-order valence-electron chi connectivity index (χ0n) is 14.3. The number of nitrogens with zero attached hydrogens (tertiary/aromatic N) is 1. The van der Waals surface area contributed by atoms with E-state index in [2.05, 4.69) is 15.0 Å². The van der Waals surface area contributed by atoms with Crippen LogP contribution in [0.25, 0.3) is 0 Å². The standard InChI is InChI=1S/C17H21N3O4S/c1-12(2)19-17(21)14-7-5-4-6-13(14)11-25(22,23)20-15-10-18-9-8-16(15)24-3/h4-10,12,20H,11H2,1-3H3,(H,19,21). The minimum absolute atomic E-state index is 0.0463. The molecule has 0 fully saturated rings. The van der Waals surface area contributed by atoms with E-state index < -0.39 is 10.0 Å². The molecule has 0 saturated carbocycles. The summed E-state index contributed by atoms with van der Waals surface area (Å²) >= 11 is 0. The summed E-state index contributed by atoms with van der Waals surface area (Å²) in [6.07, 6.45) is 2.87. The van der Waals surface area contributed by atoms with Gasteiger partial charge in [-0.2, -0.15) is 0 Å². The third-order valence-electron chi connectivity index (χ3n) is 3.29. The van der Waals surface area contributed by atoms with Gasteiger partial charge in [0.25, 0.3) is 5.91 Å². The molecule has 2 aromatic rings. The van der Waals surface area contributed by atoms with Crippen molar-refractivity contribution in [3.05, 3.63) is 53.9 Å². The van der Waals surface area contributed by atoms with Crippen LogP contribution in [0, 0.1) is 0 Å². The second kappa shape index (κ2) is 7.98. The molecule has 0 atom stereocenters. The van der Waals surface area contributed by atoms with Crippen molar-refractivity contribution in [2.24, 2.45) is 0 Å². The highest BCUT2D eigenvalue weighted by Gasteiger charge is 2.19. The van der Waals surface area contributed by atoms with Crippen molar-refractivity contribution in [1.29, 1.82) is 0 Å². The molecule has 0 unspecified atom stereocenters. The summed E-state index contributed by atoms with van der Waals surface area (Å²) in [7, 11) is -2.31. The first-order valence-electron chi connectivity index (χ1n) is 7.69. The van der Waals surface area contributed by atoms with Crippen molar-refractivity contribution in [1.82, 2.24) is 10.3 Å². The smallest absolute Gasteiger partial charge is 0.251 e. The molecule has 0 aliphatic carbocycles. The van der Waals surface area contributed by atoms with E-state index in [9.17, 15) is 13.2 Å². The van der Waals surface area contributed by atoms with Gasteiger partial charge in [-0.05, 0) is 25.5 Å². The Balaban J connectivity index is 2.25. The average Bonchev–Trinajstić information content (AvgIpc) is 2.54. The molecule has 7 nitrogen and oxygen atoms in total. The van der Waals surface area contributed by atoms with E-state index >= 15 is 0 Å². The van der Waals surface area contributed by atoms with Crippen LogP contribution in [0.5, 0.6) is 5.75 Å². The van der Waals surface area contributed by atoms with E-state index in [1.807, 2.05) is 13.8 Å². The fourth-order valence-electron chi connectivity index (χ4n) is 2.25. The summed E-state index contributed by atoms with van der Waals surface area (Å²) in [5.41, 5.74) is 0.991. The average molecular weight is 363 g/mol. The number of aromatic nitrogens is 1. The number of carbonyl (C=O) groups is 1. The minimum atomic E-state index is -3.75. The van der Waals surface area contributed by atoms with Crippen LogP contribution in [-0.4, -0.2) is 32.5 Å². The fraction of sp³-hybridized carbons (Fsp3) is 0.294. The fourth-order valence-corrected chi connectivity index (χ4v) is 3.47. The highest BCUT2D eigenvalue weighted by atomic mass is 32.2. The number of pyridine rings is 1. The second-order valence-electron chi connectivity index (χ2n) is 5.72. The highest BCUT2D eigenvalue weighted by Crippen LogP contribution is 2.24. The SMILES string of the molecule is COc1ccncc1NS(=O)(=O)Cc1ccccc1C(=O)NC(C)C. The summed E-state index contributed by atoms with van der Waals surface area (Å²) in [6, 6.07) is 8.13. The molecule has 0 radical (unpaired) electrons. The van der Waals surface area contributed by atoms with Crippen molar-refractivity contribution >= 4 is 21.6 Å². The van der Waals surface area contributed by atoms with Crippen molar-refractivity contribution in [2.75, 3.05) is 11.8 Å². The topological polar surface area (TPSA) is 97.4 Å². The number of benzene rings is 1. The number of anilines is 1. The van der Waals surface area contributed by atoms with E-state index in [0.717, 1.165) is 0 Å². The van der Waals surface area contributed by atoms with Crippen molar-refractivity contribution < 1.29 is 17.9 Å². The van der Waals surface area contributed by atoms with E-state index in [0.29, 0.717) is 16.9 Å². The Morgan fingerprint density at radius 1 is 1.24 bits per heavy atom. The first-order chi connectivity index (χ1) is 11.8. The van der Waals surface area contributed by atoms with E-state index in [1.54, 1.807) is 30.3 Å². The number of methoxy groups -OCH3 is 1. The van der Waals surface area contributed by atoms with E-state index in [4.69, 9.17) is 4.74 Å². The molecule has 0 bridgehead atoms. The molecule has 1 amide bonds. The van der Waals surface area contributed by atoms with Gasteiger partial charge in [-0.15, -0.1) is 0 Å². The number of carbonyl (C=O) groups excluding carboxylic acids is 1. The zero-order valence-corrected chi connectivity index (χ0v) is 15.1. The Bertz CT molecular complexity index is 850. The Morgan fingerprint density at radius 3 is 2.64 bits per heavy atom. The molecule has 134 valence electrons. The van der Waals surface area contributed by atoms with Crippen LogP contribution in [-0.2, 0) is 15.8 Å². The van der Waals surface area contributed by atoms with Crippen LogP contribution in [0.1, 0.15) is 29.8 Å². The largest absolute Gasteiger partial charge is 0.494 e. The van der Waals surface area contributed by atoms with Gasteiger partial charge in [-0.1, -0.05) is 18.2 Å². The number of ether oxygens (including phenoxy) is 1. The predicted molar refractivity (Wildman–Crippen MR) is 96.1 cm³/mol. The van der Waals surface area contributed by atoms with Gasteiger partial charge in [-0.3, -0.25) is 14.5 Å². The molecule has 1 heterocycles. The number of amides is 1. The van der Waals surface area contributed by atoms with Crippen LogP contribution < -0.4 is 14.8 Å². The van der Waals surface area contributed by atoms with Gasteiger partial charge < -0.3 is 10.1 Å². The molecule has 2 N–H and O–H groups in total. The predicted octanol–water partition coefficient (Wildman–Crippen LogP) is 2.17. The molecule has 0 aliphatic heterocycles. The normalized spacial score (nSPS) is 11.2. The number of hydrogen-bond donors (Lipinski definition) is 2. The summed E-state index contributed by atoms with van der Waals surface area (Å²) in [5, 5.41) is 2.77. The lowest BCUT2D eigenvalue weighted by Gasteiger charge is -2.14. The molecule has 2 rings (SSSR count). The summed E-state index contributed by atoms with van der Waals surface area (Å²) < 4.78 is 32.6. The lowest BCUT2D eigenvalue weighted by molar-refractivity contribution is 0.0942. The number of nitrogens with one attached hydrogen (secondary N) is 2. The molecule has 1 aromatic heterocycles. The van der Waals surface area contributed by atoms with Gasteiger partial charge in [0.05, 0.1) is 19.1 Å². The maximum atomic E-state index is 12.5. The second-order valence-corrected chi connectivity index (χ2v) is 7.44. The Kier molecular flexibility index (Phi) is 5.97. The highest BCUT2D eigenvalue weighted by molar-refractivity contribution is 7.91. The van der Waals surface area contributed by atoms with Gasteiger partial charge in [0.15, 0.2) is 0 Å². The Hall–Kier alpha value is -2.61. The molecule has 25 heavy (non-hydrogen) atoms. The lowest BCUT2D eigenvalue weighted by Crippen LogP contribution is -2.31. The van der Waals surface area contributed by atoms with Gasteiger partial charge in [-0.25, -0.2) is 8.42 Å². The first-order valence-corrected chi connectivity index (χ1v) is 9.35. The third-order valence-corrected chi connectivity index (χ3v) is 4.52. The summed E-state index contributed by atoms with van der Waals surface area (Å²) in [6.45, 7) is 3.68. The third kappa shape index (κ3) is 5.18. The quantitative estimate of drug-likeness (QED) is 0.786. The van der Waals surface area contributed by atoms with Gasteiger partial charge in [0.1, 0.15) is 11.4 Å². The maximum Gasteiger partial charge on any atom is 0.251 e. The molecule has 0 saturated heterocycles. The Labute approximate surface area is 147 Å². The summed E-state index contributed by atoms with van der Waals surface area (Å²) in [4.78, 5) is 16.2. The van der Waals surface area contributed by atoms with Crippen LogP contribution in [0.15, 0.2) is 42.7 Å². The summed E-state index contributed by atoms with van der Waals surface area (Å²) in [5.74, 6) is -0.281. The van der Waals surface area contributed by atoms with Gasteiger partial charge >= 0.3 is 0 Å². The molecular weight excluding hydrogens is 342 g/mol. The monoisotopic (exact) mass is 363 g/mol. The lowest BCUT2D eigenvalue weighted by atomic mass is 10.1. The van der Waals surface area contributed by atoms with Crippen LogP contribution >= 0.6 is 0 Å². The van der Waals surface area contributed by atoms with Crippen LogP contribution in [0.3, 0.4) is 0 Å². The van der Waals surface area contributed by atoms with Crippen molar-refractivity contribution in [3.8, 4) is 5.75 Å². The number of sulfonamides is 1. The number of hydrogen-bond acceptors (Lipinski definition) is 5. The molecule has 8 heteroatoms. The minimum Gasteiger partial charge on any atom is -0.494 e. The van der Waals surface area contributed by atoms with Crippen molar-refractivity contribution in [2.45, 2.75) is 25.6 Å². The van der Waals surface area contributed by atoms with Crippen molar-refractivity contribution in [3.63, 3.8) is 0 Å². The Morgan fingerprint density at radius 2 is 1.96 bits per heavy atom. The van der Waals surface area contributed by atoms with Gasteiger partial charge in [0, 0.05) is 23.9 Å². The molecule has 1 aromatic carbocycles. The molecular formula is C17H21N3O4S. The van der Waals surface area contributed by atoms with E-state index in [1.165, 1.54) is 19.5 Å². The molecule has 0 aliphatic rings. The first kappa shape index (κ1) is 18.7.